The lowest BCUT2D eigenvalue weighted by molar-refractivity contribution is -0.759. The number of carbonyl (C=O) groups excluding carboxylic acids is 1. The minimum atomic E-state index is -0.0267. The molecular formula is C17H22N5O2S+. The molecule has 1 aliphatic rings. The van der Waals surface area contributed by atoms with Crippen LogP contribution in [0.2, 0.25) is 0 Å². The van der Waals surface area contributed by atoms with E-state index in [9.17, 15) is 4.79 Å². The number of hydrogen-bond donors (Lipinski definition) is 1. The quantitative estimate of drug-likeness (QED) is 0.472. The molecule has 25 heavy (non-hydrogen) atoms. The summed E-state index contributed by atoms with van der Waals surface area (Å²) in [6.07, 6.45) is 1.89. The average Bonchev–Trinajstić information content (AvgIpc) is 3.10. The zero-order valence-electron chi connectivity index (χ0n) is 14.2. The normalized spacial score (nSPS) is 15.2. The topological polar surface area (TPSA) is 65.5 Å². The summed E-state index contributed by atoms with van der Waals surface area (Å²) in [7, 11) is 0. The Kier molecular flexibility index (Phi) is 5.72. The van der Waals surface area contributed by atoms with Gasteiger partial charge in [-0.25, -0.2) is 0 Å². The van der Waals surface area contributed by atoms with Gasteiger partial charge in [0.1, 0.15) is 0 Å². The van der Waals surface area contributed by atoms with Crippen molar-refractivity contribution in [1.82, 2.24) is 10.2 Å². The van der Waals surface area contributed by atoms with Crippen LogP contribution in [0.5, 0.6) is 0 Å². The standard InChI is InChI=1S/C17H21N5O2S/c1-2-20-8-10-21(11-9-20)22-13-16(24-19-22)18-17(25)12-15(23)14-6-4-3-5-7-14/h3-7,13H,2,8-12H2,1H3/p+1. The van der Waals surface area contributed by atoms with Crippen LogP contribution in [0.25, 0.3) is 0 Å². The molecule has 1 N–H and O–H groups in total. The number of piperazine rings is 1. The van der Waals surface area contributed by atoms with Crippen LogP contribution in [0.1, 0.15) is 23.7 Å². The largest absolute Gasteiger partial charge is 0.313 e. The van der Waals surface area contributed by atoms with Gasteiger partial charge >= 0.3 is 5.88 Å². The Labute approximate surface area is 152 Å². The van der Waals surface area contributed by atoms with Gasteiger partial charge in [-0.3, -0.25) is 14.2 Å². The molecule has 0 radical (unpaired) electrons. The van der Waals surface area contributed by atoms with Crippen LogP contribution < -0.4 is 15.1 Å². The predicted octanol–water partition coefficient (Wildman–Crippen LogP) is 1.25. The number of Topliss-reactive ketones (excluding diaryl/α,β-unsaturated/α-hetero) is 1. The van der Waals surface area contributed by atoms with Gasteiger partial charge in [-0.1, -0.05) is 49.5 Å². The number of rotatable bonds is 6. The number of thiocarbonyl (C=S) groups is 1. The Morgan fingerprint density at radius 1 is 1.28 bits per heavy atom. The van der Waals surface area contributed by atoms with Crippen molar-refractivity contribution in [3.05, 3.63) is 42.1 Å². The van der Waals surface area contributed by atoms with Gasteiger partial charge < -0.3 is 5.32 Å². The summed E-state index contributed by atoms with van der Waals surface area (Å²) in [5.41, 5.74) is 0.646. The molecule has 1 aromatic heterocycles. The molecule has 0 amide bonds. The molecule has 0 spiro atoms. The number of hydrogen-bond acceptors (Lipinski definition) is 6. The fraction of sp³-hybridized carbons (Fsp3) is 0.412. The van der Waals surface area contributed by atoms with Crippen molar-refractivity contribution in [2.24, 2.45) is 0 Å². The second-order valence-electron chi connectivity index (χ2n) is 5.89. The van der Waals surface area contributed by atoms with Crippen molar-refractivity contribution >= 4 is 28.9 Å². The van der Waals surface area contributed by atoms with Crippen LogP contribution in [0.4, 0.5) is 5.88 Å². The Balaban J connectivity index is 1.53. The Morgan fingerprint density at radius 2 is 2.00 bits per heavy atom. The molecule has 0 atom stereocenters. The third-order valence-corrected chi connectivity index (χ3v) is 4.47. The highest BCUT2D eigenvalue weighted by Crippen LogP contribution is 2.08. The van der Waals surface area contributed by atoms with Crippen molar-refractivity contribution in [3.8, 4) is 0 Å². The number of nitrogens with one attached hydrogen (secondary N) is 1. The molecule has 1 aliphatic heterocycles. The van der Waals surface area contributed by atoms with Crippen LogP contribution in [0.15, 0.2) is 41.1 Å². The molecule has 7 nitrogen and oxygen atoms in total. The number of likely N-dealkylation sites (N-methyl/N-ethyl adjacent to an activating group) is 1. The van der Waals surface area contributed by atoms with Crippen molar-refractivity contribution in [2.75, 3.05) is 43.0 Å². The zero-order chi connectivity index (χ0) is 17.6. The first-order chi connectivity index (χ1) is 12.2. The van der Waals surface area contributed by atoms with Crippen molar-refractivity contribution in [3.63, 3.8) is 0 Å². The van der Waals surface area contributed by atoms with E-state index in [-0.39, 0.29) is 12.2 Å². The van der Waals surface area contributed by atoms with Gasteiger partial charge in [0.15, 0.2) is 5.78 Å². The highest BCUT2D eigenvalue weighted by Gasteiger charge is 2.25. The number of ketones is 1. The first kappa shape index (κ1) is 17.5. The highest BCUT2D eigenvalue weighted by molar-refractivity contribution is 7.80. The molecule has 0 saturated carbocycles. The Bertz CT molecular complexity index is 726. The summed E-state index contributed by atoms with van der Waals surface area (Å²) in [6.45, 7) is 7.02. The van der Waals surface area contributed by atoms with E-state index in [4.69, 9.17) is 16.7 Å². The number of carbonyl (C=O) groups is 1. The number of benzene rings is 1. The van der Waals surface area contributed by atoms with E-state index in [0.717, 1.165) is 32.7 Å². The molecule has 0 unspecified atom stereocenters. The van der Waals surface area contributed by atoms with Gasteiger partial charge in [0, 0.05) is 18.7 Å². The fourth-order valence-corrected chi connectivity index (χ4v) is 2.97. The molecule has 8 heteroatoms. The van der Waals surface area contributed by atoms with E-state index in [0.29, 0.717) is 16.4 Å². The minimum absolute atomic E-state index is 0.0267. The van der Waals surface area contributed by atoms with E-state index in [1.54, 1.807) is 23.1 Å². The maximum atomic E-state index is 12.2. The second-order valence-corrected chi connectivity index (χ2v) is 6.38. The van der Waals surface area contributed by atoms with Crippen LogP contribution in [-0.2, 0) is 0 Å². The van der Waals surface area contributed by atoms with Crippen molar-refractivity contribution < 1.29 is 14.1 Å². The lowest BCUT2D eigenvalue weighted by Crippen LogP contribution is -2.65. The first-order valence-electron chi connectivity index (χ1n) is 8.40. The molecule has 1 aromatic carbocycles. The maximum Gasteiger partial charge on any atom is 0.304 e. The van der Waals surface area contributed by atoms with Gasteiger partial charge in [0.05, 0.1) is 29.3 Å². The fourth-order valence-electron chi connectivity index (χ4n) is 2.74. The molecule has 2 heterocycles. The molecule has 0 bridgehead atoms. The lowest BCUT2D eigenvalue weighted by Gasteiger charge is -2.28. The van der Waals surface area contributed by atoms with Crippen molar-refractivity contribution in [2.45, 2.75) is 13.3 Å². The Morgan fingerprint density at radius 3 is 2.68 bits per heavy atom. The van der Waals surface area contributed by atoms with E-state index in [2.05, 4.69) is 27.4 Å². The van der Waals surface area contributed by atoms with E-state index < -0.39 is 0 Å². The smallest absolute Gasteiger partial charge is 0.304 e. The zero-order valence-corrected chi connectivity index (χ0v) is 15.0. The molecule has 0 aliphatic carbocycles. The third-order valence-electron chi connectivity index (χ3n) is 4.22. The highest BCUT2D eigenvalue weighted by atomic mass is 32.1. The van der Waals surface area contributed by atoms with Crippen LogP contribution in [-0.4, -0.2) is 53.7 Å². The maximum absolute atomic E-state index is 12.2. The summed E-state index contributed by atoms with van der Waals surface area (Å²) in [5.74, 6) is 0.407. The molecule has 132 valence electrons. The van der Waals surface area contributed by atoms with E-state index in [1.165, 1.54) is 0 Å². The van der Waals surface area contributed by atoms with Crippen molar-refractivity contribution in [1.29, 1.82) is 0 Å². The number of anilines is 1. The molecule has 3 rings (SSSR count). The summed E-state index contributed by atoms with van der Waals surface area (Å²) < 4.78 is 5.28. The molecular weight excluding hydrogens is 338 g/mol. The van der Waals surface area contributed by atoms with Gasteiger partial charge in [0.2, 0.25) is 5.27 Å². The predicted molar refractivity (Wildman–Crippen MR) is 98.4 cm³/mol. The minimum Gasteiger partial charge on any atom is -0.313 e. The van der Waals surface area contributed by atoms with Gasteiger partial charge in [-0.15, -0.1) is 0 Å². The van der Waals surface area contributed by atoms with Gasteiger partial charge in [0.25, 0.3) is 6.20 Å². The first-order valence-corrected chi connectivity index (χ1v) is 8.81. The number of aromatic nitrogens is 2. The molecule has 2 aromatic rings. The summed E-state index contributed by atoms with van der Waals surface area (Å²) in [6, 6.07) is 9.11. The van der Waals surface area contributed by atoms with E-state index >= 15 is 0 Å². The van der Waals surface area contributed by atoms with E-state index in [1.807, 2.05) is 18.2 Å². The summed E-state index contributed by atoms with van der Waals surface area (Å²) in [4.78, 5) is 16.7. The van der Waals surface area contributed by atoms with Gasteiger partial charge in [-0.05, 0) is 6.54 Å². The van der Waals surface area contributed by atoms with Crippen LogP contribution in [0, 0.1) is 0 Å². The van der Waals surface area contributed by atoms with Crippen LogP contribution in [0.3, 0.4) is 0 Å². The monoisotopic (exact) mass is 360 g/mol. The SMILES string of the molecule is CCN1CCN([n+]2cc(NC(=S)CC(=O)c3ccccc3)on2)CC1. The van der Waals surface area contributed by atoms with Gasteiger partial charge in [-0.2, -0.15) is 5.01 Å². The molecule has 1 saturated heterocycles. The Hall–Kier alpha value is -2.32. The van der Waals surface area contributed by atoms with Crippen LogP contribution >= 0.6 is 12.2 Å². The molecule has 1 fully saturated rings. The summed E-state index contributed by atoms with van der Waals surface area (Å²) in [5, 5.41) is 9.08. The average molecular weight is 360 g/mol. The number of nitrogens with zero attached hydrogens (tertiary/aromatic N) is 4. The second kappa shape index (κ2) is 8.17. The lowest BCUT2D eigenvalue weighted by atomic mass is 10.1. The third kappa shape index (κ3) is 4.61. The summed E-state index contributed by atoms with van der Waals surface area (Å²) >= 11 is 5.26.